The van der Waals surface area contributed by atoms with Crippen LogP contribution < -0.4 is 0 Å². The first-order chi connectivity index (χ1) is 30.7. The SMILES string of the molecule is CCOP(=O)(OCC)C(C)CCCCC(C(CCCC(C(CCC(C)P(=O)(OCC)OCC)P(=O)(OCC)OCC)P(=O)(OCC)OCC)P(=O)(OCC)OCC)P(=O)(OCC)OCC. The summed E-state index contributed by atoms with van der Waals surface area (Å²) in [7, 11) is -23.5. The molecule has 0 aliphatic heterocycles. The lowest BCUT2D eigenvalue weighted by Gasteiger charge is -2.38. The molecule has 0 N–H and O–H groups in total. The molecule has 0 rings (SSSR count). The Balaban J connectivity index is 7.73. The Morgan fingerprint density at radius 3 is 0.677 bits per heavy atom. The van der Waals surface area contributed by atoms with Gasteiger partial charge in [-0.05, 0) is 122 Å². The van der Waals surface area contributed by atoms with Crippen molar-refractivity contribution in [2.45, 2.75) is 189 Å². The molecule has 0 aromatic carbocycles. The van der Waals surface area contributed by atoms with E-state index in [1.54, 1.807) is 90.0 Å². The molecule has 0 bridgehead atoms. The summed E-state index contributed by atoms with van der Waals surface area (Å²) in [4.78, 5) is 0. The lowest BCUT2D eigenvalue weighted by Crippen LogP contribution is -2.33. The van der Waals surface area contributed by atoms with Crippen molar-refractivity contribution in [3.63, 3.8) is 0 Å². The highest BCUT2D eigenvalue weighted by molar-refractivity contribution is 7.60. The highest BCUT2D eigenvalue weighted by Gasteiger charge is 2.53. The van der Waals surface area contributed by atoms with Gasteiger partial charge in [-0.15, -0.1) is 0 Å². The topological polar surface area (TPSA) is 213 Å². The molecule has 18 nitrogen and oxygen atoms in total. The Morgan fingerprint density at radius 2 is 0.431 bits per heavy atom. The zero-order valence-electron chi connectivity index (χ0n) is 42.3. The summed E-state index contributed by atoms with van der Waals surface area (Å²) in [5.74, 6) is 0. The first kappa shape index (κ1) is 65.9. The molecule has 65 heavy (non-hydrogen) atoms. The first-order valence-corrected chi connectivity index (χ1v) is 33.7. The summed E-state index contributed by atoms with van der Waals surface area (Å²) in [6.45, 7) is 24.9. The van der Waals surface area contributed by atoms with Crippen LogP contribution in [0.5, 0.6) is 0 Å². The normalized spacial score (nSPS) is 16.3. The third-order valence-corrected chi connectivity index (χ3v) is 26.8. The summed E-state index contributed by atoms with van der Waals surface area (Å²) in [6.07, 6.45) is 2.04. The molecular weight excluding hydrogens is 966 g/mol. The Hall–Kier alpha value is 0.900. The Morgan fingerprint density at radius 1 is 0.246 bits per heavy atom. The number of rotatable bonds is 44. The van der Waals surface area contributed by atoms with Gasteiger partial charge in [0, 0.05) is 0 Å². The van der Waals surface area contributed by atoms with E-state index in [0.717, 1.165) is 0 Å². The zero-order valence-corrected chi connectivity index (χ0v) is 47.7. The van der Waals surface area contributed by atoms with Gasteiger partial charge in [-0.25, -0.2) is 0 Å². The van der Waals surface area contributed by atoms with E-state index in [4.69, 9.17) is 54.3 Å². The third kappa shape index (κ3) is 20.9. The van der Waals surface area contributed by atoms with Gasteiger partial charge in [0.05, 0.1) is 113 Å². The molecule has 0 aliphatic rings. The molecule has 6 atom stereocenters. The highest BCUT2D eigenvalue weighted by Crippen LogP contribution is 2.69. The van der Waals surface area contributed by atoms with Crippen LogP contribution in [0.3, 0.4) is 0 Å². The highest BCUT2D eigenvalue weighted by atomic mass is 31.2. The molecule has 0 spiro atoms. The average molecular weight is 1060 g/mol. The van der Waals surface area contributed by atoms with Gasteiger partial charge in [0.2, 0.25) is 0 Å². The summed E-state index contributed by atoms with van der Waals surface area (Å²) >= 11 is 0. The Kier molecular flexibility index (Phi) is 34.8. The summed E-state index contributed by atoms with van der Waals surface area (Å²) in [5.41, 5.74) is -5.36. The molecule has 0 heterocycles. The summed E-state index contributed by atoms with van der Waals surface area (Å²) in [6, 6.07) is 0. The minimum absolute atomic E-state index is 0.00194. The lowest BCUT2D eigenvalue weighted by atomic mass is 10.0. The fraction of sp³-hybridized carbons (Fsp3) is 1.00. The van der Waals surface area contributed by atoms with Gasteiger partial charge in [-0.2, -0.15) is 0 Å². The van der Waals surface area contributed by atoms with Gasteiger partial charge >= 0.3 is 45.6 Å². The van der Waals surface area contributed by atoms with Gasteiger partial charge in [-0.1, -0.05) is 33.1 Å². The van der Waals surface area contributed by atoms with Gasteiger partial charge in [0.1, 0.15) is 0 Å². The molecule has 0 amide bonds. The van der Waals surface area contributed by atoms with Crippen molar-refractivity contribution in [3.05, 3.63) is 0 Å². The summed E-state index contributed by atoms with van der Waals surface area (Å²) in [5, 5.41) is 0. The molecular formula is C41H90O18P6. The van der Waals surface area contributed by atoms with Crippen LogP contribution in [-0.4, -0.2) is 113 Å². The van der Waals surface area contributed by atoms with E-state index in [2.05, 4.69) is 0 Å². The van der Waals surface area contributed by atoms with E-state index in [9.17, 15) is 9.13 Å². The Bertz CT molecular complexity index is 1490. The van der Waals surface area contributed by atoms with E-state index in [-0.39, 0.29) is 118 Å². The standard InChI is InChI=1S/C41H90O18P6/c1-15-48-60(42,49-16-2)36(13)30-27-28-31-38(62(44,52-19-5)53-20-6)39(63(45,54-21-7)55-22-8)32-29-33-40(64(46,56-23-9)57-24-10)41(65(47,58-25-11)59-26-12)35-34-37(14)61(43,50-17-3)51-18-4/h36-41H,15-35H2,1-14H3. The van der Waals surface area contributed by atoms with Crippen molar-refractivity contribution in [3.8, 4) is 0 Å². The molecule has 24 heteroatoms. The van der Waals surface area contributed by atoms with E-state index in [1.807, 2.05) is 6.92 Å². The molecule has 0 radical (unpaired) electrons. The minimum Gasteiger partial charge on any atom is -0.309 e. The molecule has 0 aromatic rings. The van der Waals surface area contributed by atoms with Crippen molar-refractivity contribution in [2.24, 2.45) is 0 Å². The maximum atomic E-state index is 15.2. The predicted molar refractivity (Wildman–Crippen MR) is 261 cm³/mol. The van der Waals surface area contributed by atoms with E-state index in [0.29, 0.717) is 19.3 Å². The molecule has 0 aliphatic carbocycles. The predicted octanol–water partition coefficient (Wildman–Crippen LogP) is 14.3. The maximum Gasteiger partial charge on any atom is 0.334 e. The summed E-state index contributed by atoms with van der Waals surface area (Å²) < 4.78 is 158. The first-order valence-electron chi connectivity index (χ1n) is 24.1. The van der Waals surface area contributed by atoms with Crippen LogP contribution in [0.15, 0.2) is 0 Å². The van der Waals surface area contributed by atoms with Crippen LogP contribution in [0.25, 0.3) is 0 Å². The van der Waals surface area contributed by atoms with Crippen LogP contribution in [0.1, 0.15) is 155 Å². The number of unbranched alkanes of at least 4 members (excludes halogenated alkanes) is 1. The Labute approximate surface area is 393 Å². The van der Waals surface area contributed by atoms with Crippen LogP contribution in [-0.2, 0) is 81.7 Å². The van der Waals surface area contributed by atoms with Crippen molar-refractivity contribution in [1.29, 1.82) is 0 Å². The van der Waals surface area contributed by atoms with Crippen LogP contribution in [0, 0.1) is 0 Å². The fourth-order valence-electron chi connectivity index (χ4n) is 7.96. The van der Waals surface area contributed by atoms with Gasteiger partial charge in [-0.3, -0.25) is 27.4 Å². The van der Waals surface area contributed by atoms with Crippen molar-refractivity contribution < 1.29 is 81.7 Å². The molecule has 0 saturated carbocycles. The van der Waals surface area contributed by atoms with Crippen LogP contribution in [0.2, 0.25) is 0 Å². The third-order valence-electron chi connectivity index (χ3n) is 10.6. The van der Waals surface area contributed by atoms with Gasteiger partial charge < -0.3 is 54.3 Å². The minimum atomic E-state index is -4.16. The molecule has 0 fully saturated rings. The second-order valence-corrected chi connectivity index (χ2v) is 29.0. The lowest BCUT2D eigenvalue weighted by molar-refractivity contribution is 0.186. The number of hydrogen-bond donors (Lipinski definition) is 0. The monoisotopic (exact) mass is 1060 g/mol. The quantitative estimate of drug-likeness (QED) is 0.0410. The zero-order chi connectivity index (χ0) is 49.8. The van der Waals surface area contributed by atoms with Crippen molar-refractivity contribution >= 4 is 45.6 Å². The second kappa shape index (κ2) is 34.3. The van der Waals surface area contributed by atoms with E-state index < -0.39 is 79.5 Å². The fourth-order valence-corrected chi connectivity index (χ4v) is 22.4. The maximum absolute atomic E-state index is 15.2. The molecule has 392 valence electrons. The van der Waals surface area contributed by atoms with Crippen LogP contribution in [0.4, 0.5) is 0 Å². The van der Waals surface area contributed by atoms with Crippen molar-refractivity contribution in [2.75, 3.05) is 79.3 Å². The van der Waals surface area contributed by atoms with Crippen molar-refractivity contribution in [1.82, 2.24) is 0 Å². The van der Waals surface area contributed by atoms with Crippen LogP contribution >= 0.6 is 45.6 Å². The molecule has 0 saturated heterocycles. The second-order valence-electron chi connectivity index (χ2n) is 15.0. The smallest absolute Gasteiger partial charge is 0.309 e. The van der Waals surface area contributed by atoms with E-state index >= 15 is 18.3 Å². The average Bonchev–Trinajstić information content (AvgIpc) is 3.22. The molecule has 6 unspecified atom stereocenters. The molecule has 0 aromatic heterocycles. The number of hydrogen-bond acceptors (Lipinski definition) is 18. The van der Waals surface area contributed by atoms with Gasteiger partial charge in [0.15, 0.2) is 0 Å². The largest absolute Gasteiger partial charge is 0.334 e. The van der Waals surface area contributed by atoms with Gasteiger partial charge in [0.25, 0.3) is 0 Å². The van der Waals surface area contributed by atoms with E-state index in [1.165, 1.54) is 0 Å².